The van der Waals surface area contributed by atoms with Crippen molar-refractivity contribution in [2.24, 2.45) is 0 Å². The average molecular weight is 418 g/mol. The molecule has 0 aromatic heterocycles. The number of thiocarbonyl (C=S) groups is 1. The SMILES string of the molecule is CN1C(=S)N(c2ccccc2)C(=O)/C1=C/c1ccc(OCc2ccccc2F)cc1. The minimum absolute atomic E-state index is 0.147. The second kappa shape index (κ2) is 8.47. The molecule has 0 atom stereocenters. The van der Waals surface area contributed by atoms with Crippen LogP contribution in [0.1, 0.15) is 11.1 Å². The zero-order valence-corrected chi connectivity index (χ0v) is 17.1. The van der Waals surface area contributed by atoms with Crippen molar-refractivity contribution >= 4 is 35.0 Å². The van der Waals surface area contributed by atoms with Crippen LogP contribution in [-0.4, -0.2) is 23.0 Å². The number of carbonyl (C=O) groups excluding carboxylic acids is 1. The highest BCUT2D eigenvalue weighted by Gasteiger charge is 2.36. The third kappa shape index (κ3) is 3.95. The van der Waals surface area contributed by atoms with Gasteiger partial charge >= 0.3 is 0 Å². The number of rotatable bonds is 5. The van der Waals surface area contributed by atoms with E-state index in [0.29, 0.717) is 22.1 Å². The van der Waals surface area contributed by atoms with Crippen molar-refractivity contribution in [3.05, 3.63) is 102 Å². The highest BCUT2D eigenvalue weighted by Crippen LogP contribution is 2.28. The van der Waals surface area contributed by atoms with Crippen LogP contribution in [0.5, 0.6) is 5.75 Å². The number of hydrogen-bond acceptors (Lipinski definition) is 3. The summed E-state index contributed by atoms with van der Waals surface area (Å²) in [6, 6.07) is 23.1. The molecule has 30 heavy (non-hydrogen) atoms. The molecule has 0 saturated carbocycles. The third-order valence-electron chi connectivity index (χ3n) is 4.81. The Hall–Kier alpha value is -3.51. The lowest BCUT2D eigenvalue weighted by atomic mass is 10.1. The maximum absolute atomic E-state index is 13.7. The van der Waals surface area contributed by atoms with Gasteiger partial charge in [-0.1, -0.05) is 48.5 Å². The maximum atomic E-state index is 13.7. The first-order chi connectivity index (χ1) is 14.5. The van der Waals surface area contributed by atoms with Crippen molar-refractivity contribution in [1.82, 2.24) is 4.90 Å². The van der Waals surface area contributed by atoms with Gasteiger partial charge in [-0.15, -0.1) is 0 Å². The number of benzene rings is 3. The summed E-state index contributed by atoms with van der Waals surface area (Å²) in [5.74, 6) is 0.155. The van der Waals surface area contributed by atoms with Crippen molar-refractivity contribution in [2.45, 2.75) is 6.61 Å². The van der Waals surface area contributed by atoms with Gasteiger partial charge in [0, 0.05) is 12.6 Å². The standard InChI is InChI=1S/C24H19FN2O2S/c1-26-22(23(28)27(24(26)30)19-8-3-2-4-9-19)15-17-11-13-20(14-12-17)29-16-18-7-5-6-10-21(18)25/h2-15H,16H2,1H3/b22-15-. The number of nitrogens with zero attached hydrogens (tertiary/aromatic N) is 2. The molecule has 1 aliphatic heterocycles. The number of likely N-dealkylation sites (N-methyl/N-ethyl adjacent to an activating group) is 1. The number of carbonyl (C=O) groups is 1. The summed E-state index contributed by atoms with van der Waals surface area (Å²) in [5.41, 5.74) is 2.56. The van der Waals surface area contributed by atoms with Gasteiger partial charge in [-0.25, -0.2) is 4.39 Å². The molecule has 0 spiro atoms. The lowest BCUT2D eigenvalue weighted by molar-refractivity contribution is -0.114. The number of hydrogen-bond donors (Lipinski definition) is 0. The molecule has 3 aromatic carbocycles. The summed E-state index contributed by atoms with van der Waals surface area (Å²) >= 11 is 5.47. The van der Waals surface area contributed by atoms with Gasteiger partial charge in [0.2, 0.25) is 0 Å². The fraction of sp³-hybridized carbons (Fsp3) is 0.0833. The van der Waals surface area contributed by atoms with Crippen LogP contribution in [0, 0.1) is 5.82 Å². The smallest absolute Gasteiger partial charge is 0.281 e. The summed E-state index contributed by atoms with van der Waals surface area (Å²) in [4.78, 5) is 16.2. The minimum atomic E-state index is -0.291. The van der Waals surface area contributed by atoms with Gasteiger partial charge in [0.25, 0.3) is 5.91 Å². The Morgan fingerprint density at radius 3 is 2.33 bits per heavy atom. The number of anilines is 1. The molecule has 150 valence electrons. The van der Waals surface area contributed by atoms with Gasteiger partial charge < -0.3 is 9.64 Å². The van der Waals surface area contributed by atoms with Crippen molar-refractivity contribution in [1.29, 1.82) is 0 Å². The lowest BCUT2D eigenvalue weighted by Gasteiger charge is -2.16. The van der Waals surface area contributed by atoms with E-state index in [4.69, 9.17) is 17.0 Å². The highest BCUT2D eigenvalue weighted by molar-refractivity contribution is 7.80. The number of para-hydroxylation sites is 1. The summed E-state index contributed by atoms with van der Waals surface area (Å²) < 4.78 is 19.4. The summed E-state index contributed by atoms with van der Waals surface area (Å²) in [7, 11) is 1.78. The topological polar surface area (TPSA) is 32.8 Å². The molecule has 0 unspecified atom stereocenters. The fourth-order valence-corrected chi connectivity index (χ4v) is 3.44. The van der Waals surface area contributed by atoms with E-state index >= 15 is 0 Å². The predicted octanol–water partition coefficient (Wildman–Crippen LogP) is 5.01. The zero-order valence-electron chi connectivity index (χ0n) is 16.3. The third-order valence-corrected chi connectivity index (χ3v) is 5.27. The highest BCUT2D eigenvalue weighted by atomic mass is 32.1. The number of amides is 1. The molecule has 0 aliphatic carbocycles. The molecule has 3 aromatic rings. The summed E-state index contributed by atoms with van der Waals surface area (Å²) in [6.07, 6.45) is 1.79. The van der Waals surface area contributed by atoms with Gasteiger partial charge in [-0.3, -0.25) is 9.69 Å². The van der Waals surface area contributed by atoms with Gasteiger partial charge in [0.15, 0.2) is 5.11 Å². The van der Waals surface area contributed by atoms with E-state index in [1.54, 1.807) is 48.4 Å². The van der Waals surface area contributed by atoms with E-state index in [-0.39, 0.29) is 18.3 Å². The number of ether oxygens (including phenoxy) is 1. The van der Waals surface area contributed by atoms with Gasteiger partial charge in [0.05, 0.1) is 5.69 Å². The van der Waals surface area contributed by atoms with Crippen LogP contribution >= 0.6 is 12.2 Å². The molecule has 1 aliphatic rings. The van der Waals surface area contributed by atoms with E-state index in [1.807, 2.05) is 42.5 Å². The minimum Gasteiger partial charge on any atom is -0.489 e. The molecule has 0 bridgehead atoms. The largest absolute Gasteiger partial charge is 0.489 e. The van der Waals surface area contributed by atoms with Gasteiger partial charge in [-0.05, 0) is 54.2 Å². The van der Waals surface area contributed by atoms with Crippen LogP contribution in [0.25, 0.3) is 6.08 Å². The molecule has 1 fully saturated rings. The summed E-state index contributed by atoms with van der Waals surface area (Å²) in [6.45, 7) is 0.147. The molecule has 0 radical (unpaired) electrons. The Balaban J connectivity index is 1.50. The van der Waals surface area contributed by atoms with Gasteiger partial charge in [-0.2, -0.15) is 0 Å². The monoisotopic (exact) mass is 418 g/mol. The summed E-state index contributed by atoms with van der Waals surface area (Å²) in [5, 5.41) is 0.433. The Bertz CT molecular complexity index is 1110. The zero-order chi connectivity index (χ0) is 21.1. The van der Waals surface area contributed by atoms with Crippen LogP contribution in [0.15, 0.2) is 84.6 Å². The molecule has 1 saturated heterocycles. The Morgan fingerprint density at radius 2 is 1.63 bits per heavy atom. The van der Waals surface area contributed by atoms with Crippen molar-refractivity contribution in [3.8, 4) is 5.75 Å². The first-order valence-electron chi connectivity index (χ1n) is 9.40. The quantitative estimate of drug-likeness (QED) is 0.431. The van der Waals surface area contributed by atoms with E-state index in [1.165, 1.54) is 11.0 Å². The van der Waals surface area contributed by atoms with Crippen LogP contribution in [0.2, 0.25) is 0 Å². The van der Waals surface area contributed by atoms with E-state index in [2.05, 4.69) is 0 Å². The van der Waals surface area contributed by atoms with E-state index in [0.717, 1.165) is 11.3 Å². The predicted molar refractivity (Wildman–Crippen MR) is 119 cm³/mol. The van der Waals surface area contributed by atoms with E-state index < -0.39 is 0 Å². The molecule has 4 nitrogen and oxygen atoms in total. The second-order valence-electron chi connectivity index (χ2n) is 6.80. The maximum Gasteiger partial charge on any atom is 0.281 e. The molecule has 0 N–H and O–H groups in total. The van der Waals surface area contributed by atoms with Gasteiger partial charge in [0.1, 0.15) is 23.9 Å². The molecular formula is C24H19FN2O2S. The molecule has 4 rings (SSSR count). The first kappa shape index (κ1) is 19.8. The average Bonchev–Trinajstić information content (AvgIpc) is 2.98. The normalized spacial score (nSPS) is 15.2. The molecular weight excluding hydrogens is 399 g/mol. The van der Waals surface area contributed by atoms with Crippen LogP contribution in [0.3, 0.4) is 0 Å². The second-order valence-corrected chi connectivity index (χ2v) is 7.16. The van der Waals surface area contributed by atoms with Crippen molar-refractivity contribution < 1.29 is 13.9 Å². The molecule has 1 amide bonds. The fourth-order valence-electron chi connectivity index (χ4n) is 3.16. The van der Waals surface area contributed by atoms with E-state index in [9.17, 15) is 9.18 Å². The Morgan fingerprint density at radius 1 is 0.967 bits per heavy atom. The Kier molecular flexibility index (Phi) is 5.59. The first-order valence-corrected chi connectivity index (χ1v) is 9.80. The molecule has 6 heteroatoms. The molecule has 1 heterocycles. The van der Waals surface area contributed by atoms with Crippen LogP contribution in [-0.2, 0) is 11.4 Å². The lowest BCUT2D eigenvalue weighted by Crippen LogP contribution is -2.30. The Labute approximate surface area is 179 Å². The van der Waals surface area contributed by atoms with Crippen molar-refractivity contribution in [2.75, 3.05) is 11.9 Å². The number of halogens is 1. The van der Waals surface area contributed by atoms with Crippen molar-refractivity contribution in [3.63, 3.8) is 0 Å². The van der Waals surface area contributed by atoms with Crippen LogP contribution in [0.4, 0.5) is 10.1 Å². The van der Waals surface area contributed by atoms with Crippen LogP contribution < -0.4 is 9.64 Å².